The minimum atomic E-state index is -0.801. The van der Waals surface area contributed by atoms with Crippen molar-refractivity contribution in [2.24, 2.45) is 5.41 Å². The number of carbonyl (C=O) groups excluding carboxylic acids is 1. The number of piperidine rings is 1. The van der Waals surface area contributed by atoms with E-state index in [1.807, 2.05) is 0 Å². The van der Waals surface area contributed by atoms with E-state index in [0.717, 1.165) is 0 Å². The van der Waals surface area contributed by atoms with E-state index in [1.54, 1.807) is 30.0 Å². The normalized spacial score (nSPS) is 17.9. The van der Waals surface area contributed by atoms with Crippen LogP contribution in [0, 0.1) is 5.41 Å². The van der Waals surface area contributed by atoms with Crippen LogP contribution >= 0.6 is 27.5 Å². The first-order chi connectivity index (χ1) is 9.35. The number of halogens is 2. The van der Waals surface area contributed by atoms with E-state index in [2.05, 4.69) is 15.9 Å². The molecule has 0 spiro atoms. The van der Waals surface area contributed by atoms with Crippen molar-refractivity contribution in [3.8, 4) is 0 Å². The van der Waals surface area contributed by atoms with Gasteiger partial charge in [-0.25, -0.2) is 0 Å². The van der Waals surface area contributed by atoms with Gasteiger partial charge in [0.2, 0.25) is 0 Å². The Bertz CT molecular complexity index is 553. The second-order valence-corrected chi connectivity index (χ2v) is 6.49. The smallest absolute Gasteiger partial charge is 0.309 e. The molecule has 20 heavy (non-hydrogen) atoms. The molecule has 1 heterocycles. The highest BCUT2D eigenvalue weighted by Crippen LogP contribution is 2.33. The van der Waals surface area contributed by atoms with E-state index < -0.39 is 11.4 Å². The second kappa shape index (κ2) is 5.74. The van der Waals surface area contributed by atoms with Gasteiger partial charge in [0.1, 0.15) is 0 Å². The third kappa shape index (κ3) is 2.83. The van der Waals surface area contributed by atoms with Crippen molar-refractivity contribution in [2.75, 3.05) is 13.1 Å². The fourth-order valence-corrected chi connectivity index (χ4v) is 2.83. The summed E-state index contributed by atoms with van der Waals surface area (Å²) in [5, 5.41) is 9.58. The molecular formula is C14H15BrClNO3. The maximum Gasteiger partial charge on any atom is 0.309 e. The molecule has 0 aliphatic carbocycles. The molecule has 1 aromatic carbocycles. The van der Waals surface area contributed by atoms with Crippen molar-refractivity contribution in [3.63, 3.8) is 0 Å². The number of likely N-dealkylation sites (tertiary alicyclic amines) is 1. The summed E-state index contributed by atoms with van der Waals surface area (Å²) in [6.45, 7) is 2.60. The van der Waals surface area contributed by atoms with Crippen molar-refractivity contribution in [2.45, 2.75) is 19.8 Å². The fourth-order valence-electron chi connectivity index (χ4n) is 2.26. The maximum atomic E-state index is 12.4. The minimum absolute atomic E-state index is 0.149. The summed E-state index contributed by atoms with van der Waals surface area (Å²) in [4.78, 5) is 25.3. The fraction of sp³-hybridized carbons (Fsp3) is 0.429. The zero-order chi connectivity index (χ0) is 14.9. The Balaban J connectivity index is 2.13. The zero-order valence-electron chi connectivity index (χ0n) is 11.0. The topological polar surface area (TPSA) is 57.6 Å². The van der Waals surface area contributed by atoms with Crippen LogP contribution in [0.2, 0.25) is 5.02 Å². The first-order valence-corrected chi connectivity index (χ1v) is 7.49. The molecule has 108 valence electrons. The summed E-state index contributed by atoms with van der Waals surface area (Å²) >= 11 is 9.42. The molecule has 0 unspecified atom stereocenters. The number of rotatable bonds is 2. The van der Waals surface area contributed by atoms with Crippen LogP contribution in [0.5, 0.6) is 0 Å². The zero-order valence-corrected chi connectivity index (χ0v) is 13.4. The van der Waals surface area contributed by atoms with Gasteiger partial charge in [-0.05, 0) is 47.8 Å². The number of carboxylic acids is 1. The van der Waals surface area contributed by atoms with E-state index in [0.29, 0.717) is 41.0 Å². The molecule has 1 fully saturated rings. The van der Waals surface area contributed by atoms with Crippen molar-refractivity contribution >= 4 is 39.4 Å². The lowest BCUT2D eigenvalue weighted by Crippen LogP contribution is -2.45. The van der Waals surface area contributed by atoms with Crippen LogP contribution in [-0.4, -0.2) is 35.0 Å². The van der Waals surface area contributed by atoms with Gasteiger partial charge in [0.15, 0.2) is 0 Å². The molecule has 1 amide bonds. The summed E-state index contributed by atoms with van der Waals surface area (Å²) in [5.41, 5.74) is -0.294. The number of hydrogen-bond acceptors (Lipinski definition) is 2. The van der Waals surface area contributed by atoms with Crippen LogP contribution in [0.15, 0.2) is 22.7 Å². The maximum absolute atomic E-state index is 12.4. The van der Waals surface area contributed by atoms with Crippen molar-refractivity contribution in [1.29, 1.82) is 0 Å². The van der Waals surface area contributed by atoms with E-state index in [4.69, 9.17) is 11.6 Å². The molecule has 1 N–H and O–H groups in total. The number of hydrogen-bond donors (Lipinski definition) is 1. The van der Waals surface area contributed by atoms with E-state index in [9.17, 15) is 14.7 Å². The first-order valence-electron chi connectivity index (χ1n) is 6.32. The summed E-state index contributed by atoms with van der Waals surface area (Å²) in [7, 11) is 0. The molecule has 1 aliphatic rings. The lowest BCUT2D eigenvalue weighted by molar-refractivity contribution is -0.150. The molecule has 4 nitrogen and oxygen atoms in total. The highest BCUT2D eigenvalue weighted by atomic mass is 79.9. The first kappa shape index (κ1) is 15.3. The van der Waals surface area contributed by atoms with Crippen LogP contribution in [0.25, 0.3) is 0 Å². The van der Waals surface area contributed by atoms with Gasteiger partial charge in [-0.15, -0.1) is 0 Å². The molecule has 6 heteroatoms. The number of amides is 1. The highest BCUT2D eigenvalue weighted by molar-refractivity contribution is 9.10. The Morgan fingerprint density at radius 1 is 1.35 bits per heavy atom. The van der Waals surface area contributed by atoms with E-state index in [-0.39, 0.29) is 5.91 Å². The Morgan fingerprint density at radius 3 is 2.50 bits per heavy atom. The largest absolute Gasteiger partial charge is 0.481 e. The van der Waals surface area contributed by atoms with Crippen molar-refractivity contribution in [1.82, 2.24) is 4.90 Å². The Morgan fingerprint density at radius 2 is 1.95 bits per heavy atom. The molecule has 0 atom stereocenters. The van der Waals surface area contributed by atoms with Crippen LogP contribution in [0.4, 0.5) is 0 Å². The van der Waals surface area contributed by atoms with E-state index >= 15 is 0 Å². The number of carbonyl (C=O) groups is 2. The van der Waals surface area contributed by atoms with Gasteiger partial charge >= 0.3 is 5.97 Å². The van der Waals surface area contributed by atoms with Crippen molar-refractivity contribution in [3.05, 3.63) is 33.3 Å². The monoisotopic (exact) mass is 359 g/mol. The van der Waals surface area contributed by atoms with Crippen LogP contribution in [-0.2, 0) is 4.79 Å². The molecule has 0 bridgehead atoms. The molecule has 2 rings (SSSR count). The molecular weight excluding hydrogens is 346 g/mol. The standard InChI is InChI=1S/C14H15BrClNO3/c1-14(13(19)20)5-7-17(8-6-14)12(18)9-3-2-4-10(15)11(9)16/h2-4H,5-8H2,1H3,(H,19,20). The Hall–Kier alpha value is -1.07. The number of carboxylic acid groups (broad SMARTS) is 1. The Kier molecular flexibility index (Phi) is 4.39. The predicted molar refractivity (Wildman–Crippen MR) is 80.0 cm³/mol. The average molecular weight is 361 g/mol. The lowest BCUT2D eigenvalue weighted by atomic mass is 9.80. The molecule has 1 saturated heterocycles. The average Bonchev–Trinajstić information content (AvgIpc) is 2.42. The molecule has 1 aliphatic heterocycles. The quantitative estimate of drug-likeness (QED) is 0.879. The lowest BCUT2D eigenvalue weighted by Gasteiger charge is -2.36. The van der Waals surface area contributed by atoms with Gasteiger partial charge in [0, 0.05) is 17.6 Å². The molecule has 0 aromatic heterocycles. The SMILES string of the molecule is CC1(C(=O)O)CCN(C(=O)c2cccc(Br)c2Cl)CC1. The summed E-state index contributed by atoms with van der Waals surface area (Å²) in [6, 6.07) is 5.21. The van der Waals surface area contributed by atoms with Crippen molar-refractivity contribution < 1.29 is 14.7 Å². The van der Waals surface area contributed by atoms with Gasteiger partial charge in [-0.1, -0.05) is 17.7 Å². The van der Waals surface area contributed by atoms with Gasteiger partial charge in [0.25, 0.3) is 5.91 Å². The molecule has 0 saturated carbocycles. The third-order valence-electron chi connectivity index (χ3n) is 3.85. The summed E-state index contributed by atoms with van der Waals surface area (Å²) < 4.78 is 0.678. The van der Waals surface area contributed by atoms with Crippen LogP contribution in [0.3, 0.4) is 0 Å². The highest BCUT2D eigenvalue weighted by Gasteiger charge is 2.38. The third-order valence-corrected chi connectivity index (χ3v) is 5.15. The number of benzene rings is 1. The number of nitrogens with zero attached hydrogens (tertiary/aromatic N) is 1. The van der Waals surface area contributed by atoms with Gasteiger partial charge < -0.3 is 10.0 Å². The predicted octanol–water partition coefficient (Wildman–Crippen LogP) is 3.43. The van der Waals surface area contributed by atoms with Gasteiger partial charge in [0.05, 0.1) is 16.0 Å². The summed E-state index contributed by atoms with van der Waals surface area (Å²) in [6.07, 6.45) is 0.916. The summed E-state index contributed by atoms with van der Waals surface area (Å²) in [5.74, 6) is -0.950. The number of aliphatic carboxylic acids is 1. The minimum Gasteiger partial charge on any atom is -0.481 e. The second-order valence-electron chi connectivity index (χ2n) is 5.26. The van der Waals surface area contributed by atoms with Crippen LogP contribution < -0.4 is 0 Å². The van der Waals surface area contributed by atoms with Crippen LogP contribution in [0.1, 0.15) is 30.1 Å². The molecule has 0 radical (unpaired) electrons. The van der Waals surface area contributed by atoms with Gasteiger partial charge in [-0.2, -0.15) is 0 Å². The Labute approximate surface area is 130 Å². The van der Waals surface area contributed by atoms with Gasteiger partial charge in [-0.3, -0.25) is 9.59 Å². The van der Waals surface area contributed by atoms with E-state index in [1.165, 1.54) is 0 Å². The molecule has 1 aromatic rings.